The zero-order valence-corrected chi connectivity index (χ0v) is 13.5. The summed E-state index contributed by atoms with van der Waals surface area (Å²) >= 11 is 3.42. The van der Waals surface area contributed by atoms with Gasteiger partial charge in [0.25, 0.3) is 0 Å². The first-order valence-corrected chi connectivity index (χ1v) is 7.56. The minimum atomic E-state index is 0.263. The number of hydrogen-bond donors (Lipinski definition) is 1. The number of furan rings is 1. The topological polar surface area (TPSA) is 57.0 Å². The van der Waals surface area contributed by atoms with Crippen LogP contribution in [0.3, 0.4) is 0 Å². The summed E-state index contributed by atoms with van der Waals surface area (Å²) in [5, 5.41) is 4.71. The number of benzene rings is 1. The van der Waals surface area contributed by atoms with Crippen molar-refractivity contribution < 1.29 is 4.42 Å². The van der Waals surface area contributed by atoms with Gasteiger partial charge in [0.05, 0.1) is 17.5 Å². The van der Waals surface area contributed by atoms with Crippen molar-refractivity contribution >= 4 is 21.7 Å². The fraction of sp³-hybridized carbons (Fsp3) is 0.188. The van der Waals surface area contributed by atoms with Crippen LogP contribution >= 0.6 is 15.9 Å². The molecule has 1 aromatic carbocycles. The summed E-state index contributed by atoms with van der Waals surface area (Å²) in [4.78, 5) is 0. The molecule has 2 heterocycles. The monoisotopic (exact) mass is 345 g/mol. The molecule has 21 heavy (non-hydrogen) atoms. The molecule has 0 spiro atoms. The SMILES string of the molecule is CC(C)c1c(-c2ccoc2Br)nn(-c2ccccc2)c1N. The van der Waals surface area contributed by atoms with E-state index in [4.69, 9.17) is 15.2 Å². The van der Waals surface area contributed by atoms with Crippen molar-refractivity contribution in [3.8, 4) is 16.9 Å². The highest BCUT2D eigenvalue weighted by atomic mass is 79.9. The Hall–Kier alpha value is -2.01. The molecule has 2 N–H and O–H groups in total. The maximum atomic E-state index is 6.35. The number of halogens is 1. The van der Waals surface area contributed by atoms with Crippen LogP contribution in [0.25, 0.3) is 16.9 Å². The third-order valence-corrected chi connectivity index (χ3v) is 4.02. The summed E-state index contributed by atoms with van der Waals surface area (Å²) in [6.07, 6.45) is 1.64. The largest absolute Gasteiger partial charge is 0.457 e. The summed E-state index contributed by atoms with van der Waals surface area (Å²) < 4.78 is 7.79. The number of nitrogens with two attached hydrogens (primary N) is 1. The van der Waals surface area contributed by atoms with Crippen molar-refractivity contribution in [2.45, 2.75) is 19.8 Å². The van der Waals surface area contributed by atoms with Gasteiger partial charge in [-0.2, -0.15) is 5.10 Å². The molecule has 0 aliphatic carbocycles. The van der Waals surface area contributed by atoms with Crippen LogP contribution in [-0.2, 0) is 0 Å². The standard InChI is InChI=1S/C16H16BrN3O/c1-10(2)13-14(12-8-9-21-15(12)17)19-20(16(13)18)11-6-4-3-5-7-11/h3-10H,18H2,1-2H3. The number of nitrogen functional groups attached to an aromatic ring is 1. The smallest absolute Gasteiger partial charge is 0.178 e. The first kappa shape index (κ1) is 13.9. The molecule has 5 heteroatoms. The zero-order valence-electron chi connectivity index (χ0n) is 11.9. The van der Waals surface area contributed by atoms with Crippen molar-refractivity contribution in [2.24, 2.45) is 0 Å². The van der Waals surface area contributed by atoms with Crippen LogP contribution in [0.15, 0.2) is 51.7 Å². The van der Waals surface area contributed by atoms with Gasteiger partial charge in [0, 0.05) is 5.56 Å². The summed E-state index contributed by atoms with van der Waals surface area (Å²) in [5.74, 6) is 0.929. The summed E-state index contributed by atoms with van der Waals surface area (Å²) in [5.41, 5.74) is 10.1. The minimum absolute atomic E-state index is 0.263. The first-order valence-electron chi connectivity index (χ1n) is 6.76. The van der Waals surface area contributed by atoms with Crippen LogP contribution in [0.1, 0.15) is 25.3 Å². The van der Waals surface area contributed by atoms with Gasteiger partial charge in [-0.05, 0) is 40.0 Å². The van der Waals surface area contributed by atoms with Crippen molar-refractivity contribution in [3.05, 3.63) is 52.9 Å². The Morgan fingerprint density at radius 1 is 1.19 bits per heavy atom. The van der Waals surface area contributed by atoms with Gasteiger partial charge in [-0.3, -0.25) is 0 Å². The number of rotatable bonds is 3. The predicted octanol–water partition coefficient (Wildman–Crippen LogP) is 4.60. The zero-order chi connectivity index (χ0) is 15.0. The second kappa shape index (κ2) is 5.41. The molecular weight excluding hydrogens is 330 g/mol. The quantitative estimate of drug-likeness (QED) is 0.754. The van der Waals surface area contributed by atoms with Crippen LogP contribution in [0.5, 0.6) is 0 Å². The van der Waals surface area contributed by atoms with E-state index in [0.29, 0.717) is 10.5 Å². The van der Waals surface area contributed by atoms with Gasteiger partial charge in [-0.1, -0.05) is 32.0 Å². The van der Waals surface area contributed by atoms with E-state index < -0.39 is 0 Å². The van der Waals surface area contributed by atoms with Gasteiger partial charge in [0.1, 0.15) is 11.5 Å². The highest BCUT2D eigenvalue weighted by molar-refractivity contribution is 9.10. The lowest BCUT2D eigenvalue weighted by Gasteiger charge is -2.07. The number of nitrogens with zero attached hydrogens (tertiary/aromatic N) is 2. The Labute approximate surface area is 131 Å². The van der Waals surface area contributed by atoms with Crippen molar-refractivity contribution in [1.29, 1.82) is 0 Å². The second-order valence-electron chi connectivity index (χ2n) is 5.16. The van der Waals surface area contributed by atoms with Crippen molar-refractivity contribution in [3.63, 3.8) is 0 Å². The molecule has 0 radical (unpaired) electrons. The molecule has 2 aromatic heterocycles. The van der Waals surface area contributed by atoms with Crippen molar-refractivity contribution in [1.82, 2.24) is 9.78 Å². The van der Waals surface area contributed by atoms with Crippen LogP contribution in [-0.4, -0.2) is 9.78 Å². The number of anilines is 1. The molecule has 0 saturated heterocycles. The van der Waals surface area contributed by atoms with E-state index in [-0.39, 0.29) is 5.92 Å². The van der Waals surface area contributed by atoms with E-state index in [0.717, 1.165) is 22.5 Å². The Morgan fingerprint density at radius 3 is 2.48 bits per heavy atom. The van der Waals surface area contributed by atoms with Gasteiger partial charge in [-0.25, -0.2) is 4.68 Å². The fourth-order valence-electron chi connectivity index (χ4n) is 2.44. The Morgan fingerprint density at radius 2 is 1.90 bits per heavy atom. The molecule has 0 amide bonds. The van der Waals surface area contributed by atoms with Gasteiger partial charge >= 0.3 is 0 Å². The number of para-hydroxylation sites is 1. The molecular formula is C16H16BrN3O. The Kier molecular flexibility index (Phi) is 3.59. The van der Waals surface area contributed by atoms with E-state index in [2.05, 4.69) is 29.8 Å². The van der Waals surface area contributed by atoms with E-state index in [9.17, 15) is 0 Å². The van der Waals surface area contributed by atoms with Crippen LogP contribution < -0.4 is 5.73 Å². The first-order chi connectivity index (χ1) is 10.1. The average molecular weight is 346 g/mol. The molecule has 0 aliphatic rings. The van der Waals surface area contributed by atoms with E-state index in [1.165, 1.54) is 0 Å². The summed E-state index contributed by atoms with van der Waals surface area (Å²) in [7, 11) is 0. The Bertz CT molecular complexity index is 759. The minimum Gasteiger partial charge on any atom is -0.457 e. The van der Waals surface area contributed by atoms with Gasteiger partial charge < -0.3 is 10.2 Å². The molecule has 0 saturated carbocycles. The lowest BCUT2D eigenvalue weighted by Crippen LogP contribution is -2.03. The van der Waals surface area contributed by atoms with Gasteiger partial charge in [-0.15, -0.1) is 0 Å². The predicted molar refractivity (Wildman–Crippen MR) is 87.5 cm³/mol. The molecule has 0 bridgehead atoms. The molecule has 0 fully saturated rings. The average Bonchev–Trinajstić information content (AvgIpc) is 3.03. The second-order valence-corrected chi connectivity index (χ2v) is 5.88. The lowest BCUT2D eigenvalue weighted by molar-refractivity contribution is 0.542. The molecule has 3 rings (SSSR count). The maximum absolute atomic E-state index is 6.35. The normalized spacial score (nSPS) is 11.2. The van der Waals surface area contributed by atoms with E-state index in [1.54, 1.807) is 10.9 Å². The number of aromatic nitrogens is 2. The summed E-state index contributed by atoms with van der Waals surface area (Å²) in [6, 6.07) is 11.8. The molecule has 4 nitrogen and oxygen atoms in total. The molecule has 0 atom stereocenters. The maximum Gasteiger partial charge on any atom is 0.178 e. The highest BCUT2D eigenvalue weighted by Crippen LogP contribution is 2.38. The molecule has 0 aliphatic heterocycles. The van der Waals surface area contributed by atoms with E-state index >= 15 is 0 Å². The van der Waals surface area contributed by atoms with E-state index in [1.807, 2.05) is 36.4 Å². The third kappa shape index (κ3) is 2.38. The molecule has 0 unspecified atom stereocenters. The molecule has 3 aromatic rings. The van der Waals surface area contributed by atoms with Crippen molar-refractivity contribution in [2.75, 3.05) is 5.73 Å². The summed E-state index contributed by atoms with van der Waals surface area (Å²) in [6.45, 7) is 4.22. The van der Waals surface area contributed by atoms with Crippen LogP contribution in [0.4, 0.5) is 5.82 Å². The highest BCUT2D eigenvalue weighted by Gasteiger charge is 2.22. The van der Waals surface area contributed by atoms with Crippen LogP contribution in [0.2, 0.25) is 0 Å². The lowest BCUT2D eigenvalue weighted by atomic mass is 10.00. The van der Waals surface area contributed by atoms with Crippen LogP contribution in [0, 0.1) is 0 Å². The number of hydrogen-bond acceptors (Lipinski definition) is 3. The fourth-order valence-corrected chi connectivity index (χ4v) is 2.87. The Balaban J connectivity index is 2.24. The van der Waals surface area contributed by atoms with Gasteiger partial charge in [0.2, 0.25) is 0 Å². The molecule has 108 valence electrons. The third-order valence-electron chi connectivity index (χ3n) is 3.41. The van der Waals surface area contributed by atoms with Gasteiger partial charge in [0.15, 0.2) is 4.67 Å².